The van der Waals surface area contributed by atoms with Gasteiger partial charge in [-0.05, 0) is 46.8 Å². The van der Waals surface area contributed by atoms with Crippen molar-refractivity contribution >= 4 is 33.5 Å². The molecule has 2 saturated heterocycles. The number of rotatable bonds is 4. The van der Waals surface area contributed by atoms with Gasteiger partial charge in [-0.2, -0.15) is 0 Å². The summed E-state index contributed by atoms with van der Waals surface area (Å²) in [6, 6.07) is 7.34. The van der Waals surface area contributed by atoms with Crippen LogP contribution in [0.2, 0.25) is 0 Å². The lowest BCUT2D eigenvalue weighted by molar-refractivity contribution is 0.227. The summed E-state index contributed by atoms with van der Waals surface area (Å²) in [5, 5.41) is 0.848. The van der Waals surface area contributed by atoms with Crippen LogP contribution in [0.1, 0.15) is 12.1 Å². The van der Waals surface area contributed by atoms with E-state index in [0.717, 1.165) is 40.8 Å². The second kappa shape index (κ2) is 6.37. The molecule has 0 amide bonds. The first-order valence-corrected chi connectivity index (χ1v) is 9.73. The molecule has 0 spiro atoms. The Balaban J connectivity index is 1.44. The number of hydrogen-bond acceptors (Lipinski definition) is 6. The molecule has 0 aromatic carbocycles. The van der Waals surface area contributed by atoms with E-state index in [0.29, 0.717) is 12.1 Å². The van der Waals surface area contributed by atoms with Crippen LogP contribution in [0.5, 0.6) is 0 Å². The van der Waals surface area contributed by atoms with E-state index in [-0.39, 0.29) is 0 Å². The maximum atomic E-state index is 4.65. The van der Waals surface area contributed by atoms with Gasteiger partial charge in [-0.3, -0.25) is 9.88 Å². The van der Waals surface area contributed by atoms with Crippen molar-refractivity contribution in [3.8, 4) is 0 Å². The summed E-state index contributed by atoms with van der Waals surface area (Å²) in [7, 11) is 0. The van der Waals surface area contributed by atoms with Gasteiger partial charge in [0.05, 0.1) is 5.69 Å². The third-order valence-electron chi connectivity index (χ3n) is 4.60. The van der Waals surface area contributed by atoms with E-state index in [1.54, 1.807) is 11.8 Å². The van der Waals surface area contributed by atoms with Gasteiger partial charge in [-0.25, -0.2) is 9.97 Å². The van der Waals surface area contributed by atoms with E-state index in [1.165, 1.54) is 6.42 Å². The molecule has 0 aliphatic carbocycles. The molecule has 23 heavy (non-hydrogen) atoms. The number of hydrogen-bond donors (Lipinski definition) is 0. The number of halogens is 1. The van der Waals surface area contributed by atoms with Gasteiger partial charge in [0, 0.05) is 48.6 Å². The molecule has 7 heteroatoms. The highest BCUT2D eigenvalue weighted by molar-refractivity contribution is 9.10. The molecule has 4 heterocycles. The van der Waals surface area contributed by atoms with Gasteiger partial charge in [0.25, 0.3) is 0 Å². The van der Waals surface area contributed by atoms with Crippen molar-refractivity contribution < 1.29 is 0 Å². The van der Waals surface area contributed by atoms with Crippen LogP contribution >= 0.6 is 27.7 Å². The Hall–Kier alpha value is -1.18. The van der Waals surface area contributed by atoms with Crippen molar-refractivity contribution in [2.24, 2.45) is 0 Å². The number of piperazine rings is 1. The van der Waals surface area contributed by atoms with Gasteiger partial charge < -0.3 is 4.90 Å². The zero-order valence-electron chi connectivity index (χ0n) is 12.9. The van der Waals surface area contributed by atoms with E-state index in [9.17, 15) is 0 Å². The number of anilines is 1. The van der Waals surface area contributed by atoms with Gasteiger partial charge >= 0.3 is 0 Å². The van der Waals surface area contributed by atoms with Gasteiger partial charge in [0.2, 0.25) is 0 Å². The van der Waals surface area contributed by atoms with E-state index in [4.69, 9.17) is 0 Å². The summed E-state index contributed by atoms with van der Waals surface area (Å²) < 4.78 is 1.03. The first-order chi connectivity index (χ1) is 11.2. The number of likely N-dealkylation sites (tertiary alicyclic amines) is 1. The topological polar surface area (TPSA) is 45.2 Å². The number of fused-ring (bicyclic) bond motifs is 2. The predicted molar refractivity (Wildman–Crippen MR) is 95.7 cm³/mol. The third kappa shape index (κ3) is 3.09. The summed E-state index contributed by atoms with van der Waals surface area (Å²) in [6.45, 7) is 3.06. The fraction of sp³-hybridized carbons (Fsp3) is 0.438. The van der Waals surface area contributed by atoms with Crippen molar-refractivity contribution in [1.29, 1.82) is 0 Å². The fourth-order valence-corrected chi connectivity index (χ4v) is 4.11. The highest BCUT2D eigenvalue weighted by Crippen LogP contribution is 2.34. The zero-order valence-corrected chi connectivity index (χ0v) is 15.3. The molecule has 5 nitrogen and oxygen atoms in total. The SMILES string of the molecule is CSc1nccc(N2CC3CC2CN3Cc2ccc(Br)cn2)n1. The van der Waals surface area contributed by atoms with E-state index >= 15 is 0 Å². The van der Waals surface area contributed by atoms with Crippen LogP contribution in [0, 0.1) is 0 Å². The molecular formula is C16H18BrN5S. The molecule has 0 radical (unpaired) electrons. The fourth-order valence-electron chi connectivity index (χ4n) is 3.52. The quantitative estimate of drug-likeness (QED) is 0.589. The summed E-state index contributed by atoms with van der Waals surface area (Å²) in [5.74, 6) is 1.07. The minimum atomic E-state index is 0.556. The van der Waals surface area contributed by atoms with Crippen LogP contribution in [0.25, 0.3) is 0 Å². The number of nitrogens with zero attached hydrogens (tertiary/aromatic N) is 5. The monoisotopic (exact) mass is 391 g/mol. The Morgan fingerprint density at radius 2 is 2.13 bits per heavy atom. The molecule has 2 aliphatic rings. The van der Waals surface area contributed by atoms with Crippen molar-refractivity contribution in [3.05, 3.63) is 40.8 Å². The Morgan fingerprint density at radius 1 is 1.22 bits per heavy atom. The van der Waals surface area contributed by atoms with Crippen LogP contribution in [0.4, 0.5) is 5.82 Å². The standard InChI is InChI=1S/C16H18BrN5S/c1-23-16-18-5-4-15(20-16)22-10-13-6-14(22)9-21(13)8-12-3-2-11(17)7-19-12/h2-5,7,13-14H,6,8-10H2,1H3. The second-order valence-corrected chi connectivity index (χ2v) is 7.68. The molecular weight excluding hydrogens is 374 g/mol. The second-order valence-electron chi connectivity index (χ2n) is 5.99. The first-order valence-electron chi connectivity index (χ1n) is 7.71. The summed E-state index contributed by atoms with van der Waals surface area (Å²) in [5.41, 5.74) is 1.14. The molecule has 0 N–H and O–H groups in total. The lowest BCUT2D eigenvalue weighted by atomic mass is 10.2. The van der Waals surface area contributed by atoms with Crippen LogP contribution in [-0.4, -0.2) is 51.3 Å². The molecule has 2 fully saturated rings. The van der Waals surface area contributed by atoms with E-state index < -0.39 is 0 Å². The minimum Gasteiger partial charge on any atom is -0.351 e. The molecule has 2 unspecified atom stereocenters. The largest absolute Gasteiger partial charge is 0.351 e. The van der Waals surface area contributed by atoms with Crippen molar-refractivity contribution in [1.82, 2.24) is 19.9 Å². The van der Waals surface area contributed by atoms with Crippen LogP contribution in [-0.2, 0) is 6.54 Å². The highest BCUT2D eigenvalue weighted by Gasteiger charge is 2.43. The number of aromatic nitrogens is 3. The maximum absolute atomic E-state index is 4.65. The van der Waals surface area contributed by atoms with Gasteiger partial charge in [0.1, 0.15) is 5.82 Å². The Kier molecular flexibility index (Phi) is 4.26. The Labute approximate surface area is 148 Å². The van der Waals surface area contributed by atoms with Gasteiger partial charge in [0.15, 0.2) is 5.16 Å². The molecule has 2 aromatic heterocycles. The average Bonchev–Trinajstić information content (AvgIpc) is 3.17. The van der Waals surface area contributed by atoms with Crippen molar-refractivity contribution in [3.63, 3.8) is 0 Å². The normalized spacial score (nSPS) is 23.7. The first kappa shape index (κ1) is 15.4. The molecule has 0 saturated carbocycles. The summed E-state index contributed by atoms with van der Waals surface area (Å²) in [4.78, 5) is 18.4. The molecule has 2 aliphatic heterocycles. The number of thioether (sulfide) groups is 1. The van der Waals surface area contributed by atoms with E-state index in [1.807, 2.05) is 24.7 Å². The van der Waals surface area contributed by atoms with E-state index in [2.05, 4.69) is 52.8 Å². The maximum Gasteiger partial charge on any atom is 0.189 e. The summed E-state index contributed by atoms with van der Waals surface area (Å²) >= 11 is 5.03. The smallest absolute Gasteiger partial charge is 0.189 e. The Bertz CT molecular complexity index is 695. The zero-order chi connectivity index (χ0) is 15.8. The molecule has 2 aromatic rings. The Morgan fingerprint density at radius 3 is 2.83 bits per heavy atom. The predicted octanol–water partition coefficient (Wildman–Crippen LogP) is 2.82. The minimum absolute atomic E-state index is 0.556. The average molecular weight is 392 g/mol. The number of pyridine rings is 1. The highest BCUT2D eigenvalue weighted by atomic mass is 79.9. The molecule has 120 valence electrons. The third-order valence-corrected chi connectivity index (χ3v) is 5.63. The van der Waals surface area contributed by atoms with Gasteiger partial charge in [-0.1, -0.05) is 11.8 Å². The molecule has 2 bridgehead atoms. The van der Waals surface area contributed by atoms with Crippen molar-refractivity contribution in [2.45, 2.75) is 30.2 Å². The lowest BCUT2D eigenvalue weighted by Gasteiger charge is -2.34. The van der Waals surface area contributed by atoms with Gasteiger partial charge in [-0.15, -0.1) is 0 Å². The summed E-state index contributed by atoms with van der Waals surface area (Å²) in [6.07, 6.45) is 6.97. The van der Waals surface area contributed by atoms with Crippen LogP contribution in [0.3, 0.4) is 0 Å². The van der Waals surface area contributed by atoms with Crippen LogP contribution < -0.4 is 4.90 Å². The van der Waals surface area contributed by atoms with Crippen LogP contribution in [0.15, 0.2) is 40.2 Å². The lowest BCUT2D eigenvalue weighted by Crippen LogP contribution is -2.46. The van der Waals surface area contributed by atoms with Crippen molar-refractivity contribution in [2.75, 3.05) is 24.2 Å². The molecule has 2 atom stereocenters. The molecule has 4 rings (SSSR count).